The standard InChI is InChI=1S/C14H20ClFSi2.C10H8BrF/c1-10-8-11-12(9-10)14(7-6-13(11)16)17(2,3)18(4,5)15;1-6-4-7-8(5-6)10(12)3-2-9(7)11/h6-8H,9H2,1-5H3;2-3,5H,4H2,1H3. The Hall–Kier alpha value is -1.02. The number of benzene rings is 2. The summed E-state index contributed by atoms with van der Waals surface area (Å²) in [5.41, 5.74) is 6.30. The second-order valence-electron chi connectivity index (χ2n) is 9.34. The molecule has 2 aromatic rings. The molecule has 30 heavy (non-hydrogen) atoms. The number of rotatable bonds is 2. The van der Waals surface area contributed by atoms with E-state index in [2.05, 4.69) is 49.0 Å². The smallest absolute Gasteiger partial charge is 0.146 e. The van der Waals surface area contributed by atoms with Crippen LogP contribution in [0.2, 0.25) is 26.2 Å². The third-order valence-corrected chi connectivity index (χ3v) is 25.9. The first-order valence-corrected chi connectivity index (χ1v) is 19.0. The van der Waals surface area contributed by atoms with E-state index < -0.39 is 14.5 Å². The zero-order valence-corrected chi connectivity index (χ0v) is 22.7. The predicted octanol–water partition coefficient (Wildman–Crippen LogP) is 7.77. The van der Waals surface area contributed by atoms with Gasteiger partial charge in [-0.25, -0.2) is 8.78 Å². The highest BCUT2D eigenvalue weighted by atomic mass is 79.9. The van der Waals surface area contributed by atoms with Crippen LogP contribution in [0.1, 0.15) is 36.1 Å². The van der Waals surface area contributed by atoms with Gasteiger partial charge in [0.1, 0.15) is 18.5 Å². The molecule has 0 saturated carbocycles. The predicted molar refractivity (Wildman–Crippen MR) is 136 cm³/mol. The van der Waals surface area contributed by atoms with Gasteiger partial charge in [-0.2, -0.15) is 11.1 Å². The molecule has 0 radical (unpaired) electrons. The van der Waals surface area contributed by atoms with Crippen molar-refractivity contribution in [2.75, 3.05) is 0 Å². The Morgan fingerprint density at radius 3 is 1.77 bits per heavy atom. The SMILES string of the molecule is CC1=Cc2c(F)ccc(Br)c2C1.CC1=Cc2c(F)ccc([Si](C)(C)[Si](C)(C)Cl)c2C1. The minimum Gasteiger partial charge on any atom is -0.206 e. The van der Waals surface area contributed by atoms with Crippen LogP contribution >= 0.6 is 27.0 Å². The van der Waals surface area contributed by atoms with Crippen molar-refractivity contribution >= 4 is 58.8 Å². The molecule has 0 nitrogen and oxygen atoms in total. The number of hydrogen-bond donors (Lipinski definition) is 0. The first kappa shape index (κ1) is 23.6. The van der Waals surface area contributed by atoms with Crippen molar-refractivity contribution in [1.29, 1.82) is 0 Å². The maximum Gasteiger partial charge on any atom is 0.146 e. The normalized spacial score (nSPS) is 15.1. The van der Waals surface area contributed by atoms with E-state index in [4.69, 9.17) is 11.1 Å². The van der Waals surface area contributed by atoms with Crippen molar-refractivity contribution in [2.45, 2.75) is 52.9 Å². The van der Waals surface area contributed by atoms with Crippen LogP contribution in [0, 0.1) is 11.6 Å². The van der Waals surface area contributed by atoms with Crippen LogP contribution < -0.4 is 5.19 Å². The summed E-state index contributed by atoms with van der Waals surface area (Å²) in [5, 5.41) is 1.36. The average Bonchev–Trinajstić information content (AvgIpc) is 3.22. The third-order valence-electron chi connectivity index (χ3n) is 6.40. The van der Waals surface area contributed by atoms with Gasteiger partial charge in [-0.1, -0.05) is 76.7 Å². The van der Waals surface area contributed by atoms with E-state index in [0.717, 1.165) is 34.0 Å². The van der Waals surface area contributed by atoms with Crippen molar-refractivity contribution in [3.8, 4) is 0 Å². The van der Waals surface area contributed by atoms with Crippen LogP contribution in [-0.2, 0) is 12.8 Å². The van der Waals surface area contributed by atoms with Crippen LogP contribution in [-0.4, -0.2) is 14.5 Å². The topological polar surface area (TPSA) is 0 Å². The van der Waals surface area contributed by atoms with Crippen molar-refractivity contribution in [3.05, 3.63) is 73.8 Å². The lowest BCUT2D eigenvalue weighted by Crippen LogP contribution is -2.60. The molecule has 2 aromatic carbocycles. The quantitative estimate of drug-likeness (QED) is 0.277. The van der Waals surface area contributed by atoms with Gasteiger partial charge >= 0.3 is 0 Å². The Morgan fingerprint density at radius 1 is 0.800 bits per heavy atom. The van der Waals surface area contributed by atoms with Gasteiger partial charge in [0.25, 0.3) is 0 Å². The van der Waals surface area contributed by atoms with E-state index in [1.54, 1.807) is 12.1 Å². The number of fused-ring (bicyclic) bond motifs is 2. The molecule has 0 unspecified atom stereocenters. The van der Waals surface area contributed by atoms with Crippen LogP contribution in [0.25, 0.3) is 12.2 Å². The fraction of sp³-hybridized carbons (Fsp3) is 0.333. The van der Waals surface area contributed by atoms with Gasteiger partial charge in [-0.05, 0) is 56.0 Å². The van der Waals surface area contributed by atoms with Gasteiger partial charge in [0.15, 0.2) is 0 Å². The first-order valence-electron chi connectivity index (χ1n) is 10.1. The number of allylic oxidation sites excluding steroid dienone is 2. The molecular formula is C24H28BrClF2Si2. The minimum atomic E-state index is -1.74. The molecule has 0 aliphatic heterocycles. The first-order chi connectivity index (χ1) is 13.8. The molecule has 6 heteroatoms. The molecule has 2 aliphatic carbocycles. The highest BCUT2D eigenvalue weighted by Crippen LogP contribution is 2.33. The van der Waals surface area contributed by atoms with Crippen LogP contribution in [0.4, 0.5) is 8.78 Å². The molecule has 0 atom stereocenters. The molecule has 0 spiro atoms. The summed E-state index contributed by atoms with van der Waals surface area (Å²) >= 11 is 10.1. The monoisotopic (exact) mass is 524 g/mol. The van der Waals surface area contributed by atoms with E-state index in [1.165, 1.54) is 28.0 Å². The zero-order valence-electron chi connectivity index (χ0n) is 18.4. The lowest BCUT2D eigenvalue weighted by molar-refractivity contribution is 0.623. The summed E-state index contributed by atoms with van der Waals surface area (Å²) in [6.45, 7) is 11.4. The van der Waals surface area contributed by atoms with E-state index >= 15 is 0 Å². The fourth-order valence-electron chi connectivity index (χ4n) is 3.99. The molecule has 0 aromatic heterocycles. The highest BCUT2D eigenvalue weighted by molar-refractivity contribution is 9.10. The highest BCUT2D eigenvalue weighted by Gasteiger charge is 2.43. The van der Waals surface area contributed by atoms with Gasteiger partial charge in [0, 0.05) is 15.6 Å². The van der Waals surface area contributed by atoms with Gasteiger partial charge in [-0.15, -0.1) is 0 Å². The maximum atomic E-state index is 13.9. The summed E-state index contributed by atoms with van der Waals surface area (Å²) in [4.78, 5) is 0. The lowest BCUT2D eigenvalue weighted by atomic mass is 10.1. The van der Waals surface area contributed by atoms with Crippen molar-refractivity contribution in [3.63, 3.8) is 0 Å². The van der Waals surface area contributed by atoms with Gasteiger partial charge in [0.2, 0.25) is 0 Å². The molecule has 160 valence electrons. The van der Waals surface area contributed by atoms with Gasteiger partial charge in [-0.3, -0.25) is 0 Å². The molecule has 0 saturated heterocycles. The Kier molecular flexibility index (Phi) is 6.69. The fourth-order valence-corrected chi connectivity index (χ4v) is 10.1. The molecule has 0 N–H and O–H groups in total. The van der Waals surface area contributed by atoms with Crippen LogP contribution in [0.3, 0.4) is 0 Å². The second-order valence-corrected chi connectivity index (χ2v) is 28.2. The van der Waals surface area contributed by atoms with Crippen molar-refractivity contribution in [2.24, 2.45) is 0 Å². The number of hydrogen-bond acceptors (Lipinski definition) is 0. The van der Waals surface area contributed by atoms with Gasteiger partial charge < -0.3 is 0 Å². The number of halogens is 4. The average molecular weight is 526 g/mol. The van der Waals surface area contributed by atoms with E-state index in [9.17, 15) is 8.78 Å². The summed E-state index contributed by atoms with van der Waals surface area (Å²) in [6.07, 6.45) is 5.66. The summed E-state index contributed by atoms with van der Waals surface area (Å²) in [5.74, 6) is -0.213. The zero-order chi connectivity index (χ0) is 22.4. The molecule has 0 heterocycles. The van der Waals surface area contributed by atoms with Crippen molar-refractivity contribution < 1.29 is 8.78 Å². The van der Waals surface area contributed by atoms with Crippen molar-refractivity contribution in [1.82, 2.24) is 0 Å². The Morgan fingerprint density at radius 2 is 1.27 bits per heavy atom. The molecule has 2 aliphatic rings. The van der Waals surface area contributed by atoms with Crippen LogP contribution in [0.5, 0.6) is 0 Å². The Labute approximate surface area is 193 Å². The van der Waals surface area contributed by atoms with Gasteiger partial charge in [0.05, 0.1) is 7.59 Å². The Balaban J connectivity index is 0.000000184. The molecule has 4 rings (SSSR count). The maximum absolute atomic E-state index is 13.9. The van der Waals surface area contributed by atoms with E-state index in [-0.39, 0.29) is 11.6 Å². The summed E-state index contributed by atoms with van der Waals surface area (Å²) in [7, 11) is -1.69. The third kappa shape index (κ3) is 4.45. The van der Waals surface area contributed by atoms with E-state index in [1.807, 2.05) is 25.1 Å². The van der Waals surface area contributed by atoms with Crippen LogP contribution in [0.15, 0.2) is 39.9 Å². The van der Waals surface area contributed by atoms with E-state index in [0.29, 0.717) is 0 Å². The molecule has 0 fully saturated rings. The lowest BCUT2D eigenvalue weighted by Gasteiger charge is -2.34. The molecule has 0 bridgehead atoms. The second kappa shape index (κ2) is 8.49. The molecular weight excluding hydrogens is 498 g/mol. The summed E-state index contributed by atoms with van der Waals surface area (Å²) < 4.78 is 28.1. The largest absolute Gasteiger partial charge is 0.206 e. The summed E-state index contributed by atoms with van der Waals surface area (Å²) in [6, 6.07) is 6.87. The Bertz CT molecular complexity index is 1070. The minimum absolute atomic E-state index is 0.0931. The molecule has 0 amide bonds.